The molecule has 13 nitrogen and oxygen atoms in total. The Morgan fingerprint density at radius 3 is 2.57 bits per heavy atom. The summed E-state index contributed by atoms with van der Waals surface area (Å²) in [7, 11) is 1.56. The minimum absolute atomic E-state index is 0.0869. The van der Waals surface area contributed by atoms with Gasteiger partial charge in [0, 0.05) is 31.7 Å². The molecule has 4 aliphatic carbocycles. The summed E-state index contributed by atoms with van der Waals surface area (Å²) in [5.41, 5.74) is -3.63. The van der Waals surface area contributed by atoms with E-state index in [2.05, 4.69) is 26.3 Å². The van der Waals surface area contributed by atoms with Gasteiger partial charge in [0.1, 0.15) is 24.0 Å². The van der Waals surface area contributed by atoms with Crippen molar-refractivity contribution in [3.05, 3.63) is 46.9 Å². The van der Waals surface area contributed by atoms with Gasteiger partial charge in [0.05, 0.1) is 17.9 Å². The van der Waals surface area contributed by atoms with Crippen LogP contribution in [-0.4, -0.2) is 67.8 Å². The Morgan fingerprint density at radius 1 is 1.15 bits per heavy atom. The molecule has 5 atom stereocenters. The van der Waals surface area contributed by atoms with Gasteiger partial charge in [0.25, 0.3) is 17.4 Å². The van der Waals surface area contributed by atoms with Gasteiger partial charge >= 0.3 is 6.18 Å². The topological polar surface area (TPSA) is 173 Å². The van der Waals surface area contributed by atoms with Crippen molar-refractivity contribution in [3.8, 4) is 0 Å². The van der Waals surface area contributed by atoms with Crippen LogP contribution >= 0.6 is 0 Å². The maximum absolute atomic E-state index is 14.1. The number of carbonyl (C=O) groups excluding carboxylic acids is 5. The van der Waals surface area contributed by atoms with Crippen LogP contribution in [0.25, 0.3) is 0 Å². The summed E-state index contributed by atoms with van der Waals surface area (Å²) in [6, 6.07) is 1.35. The molecule has 16 heteroatoms. The van der Waals surface area contributed by atoms with E-state index in [1.54, 1.807) is 14.0 Å². The van der Waals surface area contributed by atoms with Crippen LogP contribution < -0.4 is 26.8 Å². The van der Waals surface area contributed by atoms with Crippen LogP contribution in [-0.2, 0) is 32.8 Å². The Bertz CT molecular complexity index is 1620. The number of pyridine rings is 1. The summed E-state index contributed by atoms with van der Waals surface area (Å²) < 4.78 is 44.7. The zero-order chi connectivity index (χ0) is 33.4. The monoisotopic (exact) mass is 647 g/mol. The molecular weight excluding hydrogens is 611 g/mol. The summed E-state index contributed by atoms with van der Waals surface area (Å²) in [5.74, 6) is -4.44. The van der Waals surface area contributed by atoms with Gasteiger partial charge in [0.2, 0.25) is 17.6 Å². The average Bonchev–Trinajstić information content (AvgIpc) is 3.59. The molecule has 4 aliphatic rings. The van der Waals surface area contributed by atoms with Crippen LogP contribution in [0.4, 0.5) is 18.9 Å². The minimum atomic E-state index is -4.35. The fraction of sp³-hybridized carbons (Fsp3) is 0.567. The van der Waals surface area contributed by atoms with Crippen molar-refractivity contribution >= 4 is 35.1 Å². The zero-order valence-corrected chi connectivity index (χ0v) is 25.4. The molecule has 4 N–H and O–H groups in total. The smallest absolute Gasteiger partial charge is 0.350 e. The Hall–Kier alpha value is -4.50. The van der Waals surface area contributed by atoms with Crippen LogP contribution in [0.5, 0.6) is 0 Å². The second-order valence-corrected chi connectivity index (χ2v) is 12.7. The molecule has 4 bridgehead atoms. The van der Waals surface area contributed by atoms with Crippen molar-refractivity contribution in [2.24, 2.45) is 24.3 Å². The third kappa shape index (κ3) is 6.29. The van der Waals surface area contributed by atoms with E-state index in [9.17, 15) is 41.9 Å². The van der Waals surface area contributed by atoms with E-state index in [-0.39, 0.29) is 55.9 Å². The van der Waals surface area contributed by atoms with Crippen molar-refractivity contribution in [2.45, 2.75) is 76.2 Å². The molecule has 0 radical (unpaired) electrons. The fourth-order valence-electron chi connectivity index (χ4n) is 7.68. The van der Waals surface area contributed by atoms with Gasteiger partial charge in [-0.1, -0.05) is 0 Å². The number of amides is 4. The standard InChI is InChI=1S/C30H36F3N7O6/c1-3-35-26(45)22(41)7-6-19(36-25(44)21-13-34-16-39(21)2)24(43)37-20-5-4-8-40(27(20)46)14-23(42)38-28-10-17-9-18(12-28)29(11-17,15-28)30(31,32)33/h4-5,8,13,16-19H,3,6-7,9-12,14-15H2,1-2H3,(H,35,45)(H,36,44)(H,37,43)(H,38,42)/t17?,18?,19-,28?,29?/m0/s1. The Labute approximate surface area is 261 Å². The van der Waals surface area contributed by atoms with Crippen molar-refractivity contribution in [1.29, 1.82) is 0 Å². The van der Waals surface area contributed by atoms with Crippen LogP contribution in [0.15, 0.2) is 35.6 Å². The van der Waals surface area contributed by atoms with Gasteiger partial charge < -0.3 is 30.4 Å². The first-order valence-corrected chi connectivity index (χ1v) is 15.1. The number of likely N-dealkylation sites (N-methyl/N-ethyl adjacent to an activating group) is 1. The third-order valence-electron chi connectivity index (χ3n) is 9.51. The first kappa shape index (κ1) is 32.9. The van der Waals surface area contributed by atoms with Gasteiger partial charge in [-0.25, -0.2) is 4.98 Å². The lowest BCUT2D eigenvalue weighted by Gasteiger charge is -2.42. The first-order valence-electron chi connectivity index (χ1n) is 15.1. The van der Waals surface area contributed by atoms with Crippen molar-refractivity contribution in [3.63, 3.8) is 0 Å². The predicted molar refractivity (Wildman–Crippen MR) is 156 cm³/mol. The number of hydrogen-bond acceptors (Lipinski definition) is 7. The van der Waals surface area contributed by atoms with E-state index < -0.39 is 70.6 Å². The first-order chi connectivity index (χ1) is 21.7. The lowest BCUT2D eigenvalue weighted by molar-refractivity contribution is -0.235. The highest BCUT2D eigenvalue weighted by molar-refractivity contribution is 6.36. The van der Waals surface area contributed by atoms with Gasteiger partial charge in [-0.15, -0.1) is 0 Å². The second kappa shape index (κ2) is 12.4. The Kier molecular flexibility index (Phi) is 8.84. The molecule has 248 valence electrons. The number of halogens is 3. The number of hydrogen-bond donors (Lipinski definition) is 4. The molecule has 2 aromatic rings. The lowest BCUT2D eigenvalue weighted by Crippen LogP contribution is -2.53. The largest absolute Gasteiger partial charge is 0.394 e. The zero-order valence-electron chi connectivity index (χ0n) is 25.4. The number of imidazole rings is 1. The molecular formula is C30H36F3N7O6. The number of aromatic nitrogens is 3. The molecule has 0 aromatic carbocycles. The molecule has 46 heavy (non-hydrogen) atoms. The van der Waals surface area contributed by atoms with E-state index >= 15 is 0 Å². The van der Waals surface area contributed by atoms with E-state index in [1.165, 1.54) is 35.4 Å². The molecule has 4 saturated carbocycles. The molecule has 2 heterocycles. The predicted octanol–water partition coefficient (Wildman–Crippen LogP) is 1.43. The summed E-state index contributed by atoms with van der Waals surface area (Å²) >= 11 is 0. The number of anilines is 1. The number of aryl methyl sites for hydroxylation is 1. The molecule has 4 fully saturated rings. The molecule has 0 saturated heterocycles. The summed E-state index contributed by atoms with van der Waals surface area (Å²) in [6.45, 7) is 1.37. The number of Topliss-reactive ketones (excluding diaryl/α,β-unsaturated/α-hetero) is 1. The maximum Gasteiger partial charge on any atom is 0.394 e. The lowest BCUT2D eigenvalue weighted by atomic mass is 9.71. The van der Waals surface area contributed by atoms with Gasteiger partial charge in [-0.05, 0) is 69.4 Å². The molecule has 4 unspecified atom stereocenters. The SMILES string of the molecule is CCNC(=O)C(=O)CC[C@H](NC(=O)c1cncn1C)C(=O)Nc1cccn(CC(=O)NC23CC4CC(C2)C(C(F)(F)F)(C4)C3)c1=O. The van der Waals surface area contributed by atoms with Crippen LogP contribution in [0, 0.1) is 17.3 Å². The van der Waals surface area contributed by atoms with Crippen molar-refractivity contribution < 1.29 is 37.1 Å². The molecule has 0 spiro atoms. The van der Waals surface area contributed by atoms with E-state index in [1.807, 2.05) is 0 Å². The van der Waals surface area contributed by atoms with Crippen molar-refractivity contribution in [1.82, 2.24) is 30.1 Å². The highest BCUT2D eigenvalue weighted by Crippen LogP contribution is 2.71. The van der Waals surface area contributed by atoms with Gasteiger partial charge in [0.15, 0.2) is 0 Å². The van der Waals surface area contributed by atoms with E-state index in [0.717, 1.165) is 4.57 Å². The number of nitrogens with zero attached hydrogens (tertiary/aromatic N) is 3. The van der Waals surface area contributed by atoms with Crippen molar-refractivity contribution in [2.75, 3.05) is 11.9 Å². The highest BCUT2D eigenvalue weighted by Gasteiger charge is 2.73. The van der Waals surface area contributed by atoms with Crippen LogP contribution in [0.2, 0.25) is 0 Å². The molecule has 0 aliphatic heterocycles. The highest BCUT2D eigenvalue weighted by atomic mass is 19.4. The summed E-state index contributed by atoms with van der Waals surface area (Å²) in [5, 5.41) is 10.1. The van der Waals surface area contributed by atoms with Gasteiger partial charge in [-0.3, -0.25) is 28.8 Å². The fourth-order valence-corrected chi connectivity index (χ4v) is 7.68. The van der Waals surface area contributed by atoms with E-state index in [0.29, 0.717) is 12.8 Å². The van der Waals surface area contributed by atoms with Gasteiger partial charge in [-0.2, -0.15) is 13.2 Å². The molecule has 6 rings (SSSR count). The number of carbonyl (C=O) groups is 5. The van der Waals surface area contributed by atoms with Crippen LogP contribution in [0.3, 0.4) is 0 Å². The Morgan fingerprint density at radius 2 is 1.91 bits per heavy atom. The van der Waals surface area contributed by atoms with E-state index in [4.69, 9.17) is 0 Å². The summed E-state index contributed by atoms with van der Waals surface area (Å²) in [6.07, 6.45) is 0.0907. The quantitative estimate of drug-likeness (QED) is 0.252. The molecule has 2 aromatic heterocycles. The maximum atomic E-state index is 14.1. The number of ketones is 1. The number of nitrogens with one attached hydrogen (secondary N) is 4. The second-order valence-electron chi connectivity index (χ2n) is 12.7. The normalized spacial score (nSPS) is 25.2. The minimum Gasteiger partial charge on any atom is -0.350 e. The summed E-state index contributed by atoms with van der Waals surface area (Å²) in [4.78, 5) is 80.5. The average molecular weight is 648 g/mol. The number of alkyl halides is 3. The van der Waals surface area contributed by atoms with Crippen LogP contribution in [0.1, 0.15) is 62.4 Å². The third-order valence-corrected chi connectivity index (χ3v) is 9.51. The molecule has 4 amide bonds. The number of rotatable bonds is 12. The Balaban J connectivity index is 1.27.